The summed E-state index contributed by atoms with van der Waals surface area (Å²) in [4.78, 5) is 0. The van der Waals surface area contributed by atoms with E-state index < -0.39 is 0 Å². The summed E-state index contributed by atoms with van der Waals surface area (Å²) in [6.07, 6.45) is 15.9. The van der Waals surface area contributed by atoms with Crippen LogP contribution in [0.15, 0.2) is 11.6 Å². The van der Waals surface area contributed by atoms with Gasteiger partial charge in [-0.05, 0) is 92.3 Å². The third kappa shape index (κ3) is 1.66. The lowest BCUT2D eigenvalue weighted by molar-refractivity contribution is -0.0486. The zero-order valence-electron chi connectivity index (χ0n) is 13.8. The van der Waals surface area contributed by atoms with E-state index in [1.165, 1.54) is 57.8 Å². The van der Waals surface area contributed by atoms with Crippen LogP contribution in [0.1, 0.15) is 78.6 Å². The minimum atomic E-state index is 0.588. The second kappa shape index (κ2) is 4.37. The fourth-order valence-electron chi connectivity index (χ4n) is 7.21. The van der Waals surface area contributed by atoms with Crippen LogP contribution in [0.3, 0.4) is 0 Å². The summed E-state index contributed by atoms with van der Waals surface area (Å²) in [6.45, 7) is 7.83. The Labute approximate surface area is 125 Å². The second-order valence-corrected chi connectivity index (χ2v) is 9.08. The van der Waals surface area contributed by atoms with Crippen molar-refractivity contribution in [1.82, 2.24) is 0 Å². The molecule has 0 heteroatoms. The third-order valence-corrected chi connectivity index (χ3v) is 8.18. The Balaban J connectivity index is 1.70. The predicted molar refractivity (Wildman–Crippen MR) is 85.5 cm³/mol. The number of allylic oxidation sites excluding steroid dienone is 2. The molecule has 6 atom stereocenters. The lowest BCUT2D eigenvalue weighted by atomic mass is 9.47. The highest BCUT2D eigenvalue weighted by atomic mass is 14.6. The monoisotopic (exact) mass is 272 g/mol. The molecule has 4 aliphatic carbocycles. The van der Waals surface area contributed by atoms with Gasteiger partial charge < -0.3 is 0 Å². The molecule has 3 fully saturated rings. The number of fused-ring (bicyclic) bond motifs is 5. The first-order chi connectivity index (χ1) is 9.55. The third-order valence-electron chi connectivity index (χ3n) is 8.18. The summed E-state index contributed by atoms with van der Waals surface area (Å²) in [5.74, 6) is 4.10. The molecule has 1 unspecified atom stereocenters. The van der Waals surface area contributed by atoms with Crippen LogP contribution in [0.5, 0.6) is 0 Å². The summed E-state index contributed by atoms with van der Waals surface area (Å²) < 4.78 is 0. The number of hydrogen-bond donors (Lipinski definition) is 0. The fourth-order valence-corrected chi connectivity index (χ4v) is 7.21. The summed E-state index contributed by atoms with van der Waals surface area (Å²) in [5, 5.41) is 0. The van der Waals surface area contributed by atoms with Crippen LogP contribution in [0.25, 0.3) is 0 Å². The standard InChI is InChI=1S/C20H32/c1-14-9-12-19(2)13-10-17-16(18(14)19)8-7-15-6-4-5-11-20(15,17)3/h6,14,16-18H,4-5,7-13H2,1-3H3/t14?,16-,17+,18+,19+,20+/m1/s1. The van der Waals surface area contributed by atoms with Crippen molar-refractivity contribution in [3.63, 3.8) is 0 Å². The molecule has 0 N–H and O–H groups in total. The van der Waals surface area contributed by atoms with E-state index in [0.717, 1.165) is 23.7 Å². The molecular formula is C20H32. The Morgan fingerprint density at radius 2 is 1.85 bits per heavy atom. The molecule has 0 aromatic rings. The van der Waals surface area contributed by atoms with E-state index in [2.05, 4.69) is 26.8 Å². The molecule has 0 radical (unpaired) electrons. The Hall–Kier alpha value is -0.260. The van der Waals surface area contributed by atoms with Gasteiger partial charge in [0.15, 0.2) is 0 Å². The number of rotatable bonds is 0. The maximum absolute atomic E-state index is 2.64. The molecule has 0 amide bonds. The highest BCUT2D eigenvalue weighted by Gasteiger charge is 2.57. The molecular weight excluding hydrogens is 240 g/mol. The smallest absolute Gasteiger partial charge is 0.00853 e. The van der Waals surface area contributed by atoms with Crippen LogP contribution in [0.2, 0.25) is 0 Å². The molecule has 0 saturated heterocycles. The average molecular weight is 272 g/mol. The molecule has 0 aromatic heterocycles. The van der Waals surface area contributed by atoms with E-state index in [1.807, 2.05) is 5.57 Å². The van der Waals surface area contributed by atoms with Gasteiger partial charge in [0, 0.05) is 0 Å². The van der Waals surface area contributed by atoms with Crippen molar-refractivity contribution in [1.29, 1.82) is 0 Å². The minimum absolute atomic E-state index is 0.588. The molecule has 0 nitrogen and oxygen atoms in total. The molecule has 20 heavy (non-hydrogen) atoms. The Morgan fingerprint density at radius 1 is 1.05 bits per heavy atom. The largest absolute Gasteiger partial charge is 0.0848 e. The maximum Gasteiger partial charge on any atom is -0.00853 e. The van der Waals surface area contributed by atoms with Crippen LogP contribution in [-0.2, 0) is 0 Å². The van der Waals surface area contributed by atoms with Crippen LogP contribution in [-0.4, -0.2) is 0 Å². The lowest BCUT2D eigenvalue weighted by Gasteiger charge is -2.58. The van der Waals surface area contributed by atoms with Crippen molar-refractivity contribution in [2.24, 2.45) is 34.5 Å². The van der Waals surface area contributed by atoms with Crippen molar-refractivity contribution in [3.8, 4) is 0 Å². The zero-order valence-corrected chi connectivity index (χ0v) is 13.8. The average Bonchev–Trinajstić information content (AvgIpc) is 2.74. The molecule has 0 heterocycles. The maximum atomic E-state index is 2.64. The predicted octanol–water partition coefficient (Wildman–Crippen LogP) is 5.98. The van der Waals surface area contributed by atoms with Gasteiger partial charge in [-0.1, -0.05) is 32.4 Å². The van der Waals surface area contributed by atoms with Gasteiger partial charge in [0.25, 0.3) is 0 Å². The molecule has 4 rings (SSSR count). The first-order valence-electron chi connectivity index (χ1n) is 9.24. The van der Waals surface area contributed by atoms with E-state index in [1.54, 1.807) is 0 Å². The van der Waals surface area contributed by atoms with Gasteiger partial charge in [0.05, 0.1) is 0 Å². The van der Waals surface area contributed by atoms with Crippen LogP contribution < -0.4 is 0 Å². The fraction of sp³-hybridized carbons (Fsp3) is 0.900. The summed E-state index contributed by atoms with van der Waals surface area (Å²) >= 11 is 0. The quantitative estimate of drug-likeness (QED) is 0.476. The lowest BCUT2D eigenvalue weighted by Crippen LogP contribution is -2.49. The van der Waals surface area contributed by atoms with Crippen LogP contribution in [0.4, 0.5) is 0 Å². The Bertz CT molecular complexity index is 433. The number of hydrogen-bond acceptors (Lipinski definition) is 0. The zero-order chi connectivity index (χ0) is 14.0. The van der Waals surface area contributed by atoms with Crippen molar-refractivity contribution >= 4 is 0 Å². The van der Waals surface area contributed by atoms with Gasteiger partial charge >= 0.3 is 0 Å². The Morgan fingerprint density at radius 3 is 2.70 bits per heavy atom. The highest BCUT2D eigenvalue weighted by Crippen LogP contribution is 2.66. The van der Waals surface area contributed by atoms with E-state index in [-0.39, 0.29) is 0 Å². The van der Waals surface area contributed by atoms with E-state index in [0.29, 0.717) is 10.8 Å². The molecule has 0 bridgehead atoms. The van der Waals surface area contributed by atoms with E-state index in [4.69, 9.17) is 0 Å². The van der Waals surface area contributed by atoms with Gasteiger partial charge in [-0.25, -0.2) is 0 Å². The second-order valence-electron chi connectivity index (χ2n) is 9.08. The van der Waals surface area contributed by atoms with Crippen molar-refractivity contribution in [2.45, 2.75) is 78.6 Å². The van der Waals surface area contributed by atoms with Gasteiger partial charge in [0.2, 0.25) is 0 Å². The molecule has 0 aliphatic heterocycles. The summed E-state index contributed by atoms with van der Waals surface area (Å²) in [7, 11) is 0. The van der Waals surface area contributed by atoms with Gasteiger partial charge in [-0.3, -0.25) is 0 Å². The van der Waals surface area contributed by atoms with Gasteiger partial charge in [0.1, 0.15) is 0 Å². The normalized spacial score (nSPS) is 54.6. The molecule has 3 saturated carbocycles. The first-order valence-corrected chi connectivity index (χ1v) is 9.24. The molecule has 0 spiro atoms. The first kappa shape index (κ1) is 13.4. The summed E-state index contributed by atoms with van der Waals surface area (Å²) in [6, 6.07) is 0. The van der Waals surface area contributed by atoms with Gasteiger partial charge in [-0.2, -0.15) is 0 Å². The van der Waals surface area contributed by atoms with Crippen molar-refractivity contribution in [2.75, 3.05) is 0 Å². The highest BCUT2D eigenvalue weighted by molar-refractivity contribution is 5.23. The minimum Gasteiger partial charge on any atom is -0.0848 e. The SMILES string of the molecule is CC1CC[C@@]2(C)CC[C@H]3[C@@H](CCC4=CCCC[C@@]43C)[C@H]12. The van der Waals surface area contributed by atoms with Gasteiger partial charge in [-0.15, -0.1) is 0 Å². The van der Waals surface area contributed by atoms with Crippen molar-refractivity contribution in [3.05, 3.63) is 11.6 Å². The van der Waals surface area contributed by atoms with E-state index in [9.17, 15) is 0 Å². The Kier molecular flexibility index (Phi) is 2.93. The molecule has 112 valence electrons. The molecule has 0 aromatic carbocycles. The van der Waals surface area contributed by atoms with Crippen molar-refractivity contribution < 1.29 is 0 Å². The topological polar surface area (TPSA) is 0 Å². The van der Waals surface area contributed by atoms with Crippen LogP contribution in [0, 0.1) is 34.5 Å². The summed E-state index contributed by atoms with van der Waals surface area (Å²) in [5.41, 5.74) is 3.15. The molecule has 4 aliphatic rings. The van der Waals surface area contributed by atoms with E-state index >= 15 is 0 Å². The van der Waals surface area contributed by atoms with Crippen LogP contribution >= 0.6 is 0 Å².